The number of thioether (sulfide) groups is 1. The molecule has 0 aliphatic rings. The monoisotopic (exact) mass is 386 g/mol. The molecule has 0 unspecified atom stereocenters. The summed E-state index contributed by atoms with van der Waals surface area (Å²) in [5.41, 5.74) is 1.15. The van der Waals surface area contributed by atoms with E-state index in [1.54, 1.807) is 49.6 Å². The van der Waals surface area contributed by atoms with Gasteiger partial charge in [-0.05, 0) is 30.3 Å². The van der Waals surface area contributed by atoms with E-state index in [2.05, 4.69) is 10.6 Å². The fourth-order valence-corrected chi connectivity index (χ4v) is 2.80. The SMILES string of the molecule is COc1cccc(NC(=O)CSc2cccc(NC(=O)/C=C/C(=O)O)c2)c1. The van der Waals surface area contributed by atoms with Crippen LogP contribution in [0.2, 0.25) is 0 Å². The van der Waals surface area contributed by atoms with Gasteiger partial charge in [0.25, 0.3) is 0 Å². The zero-order valence-electron chi connectivity index (χ0n) is 14.5. The second kappa shape index (κ2) is 10.0. The van der Waals surface area contributed by atoms with Crippen LogP contribution in [0.4, 0.5) is 11.4 Å². The maximum atomic E-state index is 12.1. The Morgan fingerprint density at radius 1 is 1.04 bits per heavy atom. The van der Waals surface area contributed by atoms with E-state index in [0.29, 0.717) is 17.1 Å². The molecule has 0 fully saturated rings. The third-order valence-corrected chi connectivity index (χ3v) is 4.20. The van der Waals surface area contributed by atoms with Gasteiger partial charge >= 0.3 is 5.97 Å². The van der Waals surface area contributed by atoms with E-state index in [-0.39, 0.29) is 11.7 Å². The van der Waals surface area contributed by atoms with Crippen molar-refractivity contribution in [2.75, 3.05) is 23.5 Å². The summed E-state index contributed by atoms with van der Waals surface area (Å²) in [6.07, 6.45) is 1.70. The molecule has 0 aromatic heterocycles. The lowest BCUT2D eigenvalue weighted by Crippen LogP contribution is -2.14. The Morgan fingerprint density at radius 3 is 2.44 bits per heavy atom. The Hall–Kier alpha value is -3.26. The number of carboxylic acids is 1. The molecule has 0 bridgehead atoms. The molecule has 27 heavy (non-hydrogen) atoms. The predicted molar refractivity (Wildman–Crippen MR) is 104 cm³/mol. The van der Waals surface area contributed by atoms with Crippen molar-refractivity contribution in [3.8, 4) is 5.75 Å². The lowest BCUT2D eigenvalue weighted by Gasteiger charge is -2.08. The quantitative estimate of drug-likeness (QED) is 0.476. The molecule has 2 aromatic carbocycles. The van der Waals surface area contributed by atoms with Crippen molar-refractivity contribution < 1.29 is 24.2 Å². The minimum absolute atomic E-state index is 0.174. The van der Waals surface area contributed by atoms with Crippen molar-refractivity contribution in [3.05, 3.63) is 60.7 Å². The van der Waals surface area contributed by atoms with Gasteiger partial charge in [-0.3, -0.25) is 9.59 Å². The van der Waals surface area contributed by atoms with Crippen LogP contribution in [0.1, 0.15) is 0 Å². The fourth-order valence-electron chi connectivity index (χ4n) is 2.04. The second-order valence-electron chi connectivity index (χ2n) is 5.26. The molecule has 8 heteroatoms. The van der Waals surface area contributed by atoms with Crippen LogP contribution >= 0.6 is 11.8 Å². The molecule has 0 aliphatic carbocycles. The minimum atomic E-state index is -1.20. The van der Waals surface area contributed by atoms with E-state index in [0.717, 1.165) is 17.0 Å². The molecule has 0 saturated heterocycles. The van der Waals surface area contributed by atoms with Gasteiger partial charge in [0.2, 0.25) is 11.8 Å². The van der Waals surface area contributed by atoms with Gasteiger partial charge < -0.3 is 20.5 Å². The van der Waals surface area contributed by atoms with Crippen molar-refractivity contribution in [2.24, 2.45) is 0 Å². The fraction of sp³-hybridized carbons (Fsp3) is 0.105. The molecule has 2 amide bonds. The Labute approximate surface area is 160 Å². The summed E-state index contributed by atoms with van der Waals surface area (Å²) in [4.78, 5) is 34.9. The molecule has 140 valence electrons. The number of ether oxygens (including phenoxy) is 1. The van der Waals surface area contributed by atoms with E-state index < -0.39 is 11.9 Å². The third kappa shape index (κ3) is 7.25. The number of carboxylic acid groups (broad SMARTS) is 1. The first kappa shape index (κ1) is 20.1. The summed E-state index contributed by atoms with van der Waals surface area (Å²) in [6, 6.07) is 14.0. The maximum Gasteiger partial charge on any atom is 0.328 e. The number of hydrogen-bond donors (Lipinski definition) is 3. The number of rotatable bonds is 8. The number of aliphatic carboxylic acids is 1. The molecule has 3 N–H and O–H groups in total. The van der Waals surface area contributed by atoms with Gasteiger partial charge in [0, 0.05) is 34.5 Å². The molecule has 2 rings (SSSR count). The highest BCUT2D eigenvalue weighted by molar-refractivity contribution is 8.00. The van der Waals surface area contributed by atoms with Crippen LogP contribution in [0.15, 0.2) is 65.6 Å². The first-order valence-electron chi connectivity index (χ1n) is 7.85. The summed E-state index contributed by atoms with van der Waals surface area (Å²) in [5, 5.41) is 13.9. The topological polar surface area (TPSA) is 105 Å². The van der Waals surface area contributed by atoms with Crippen molar-refractivity contribution in [1.29, 1.82) is 0 Å². The van der Waals surface area contributed by atoms with Gasteiger partial charge in [-0.1, -0.05) is 12.1 Å². The number of hydrogen-bond acceptors (Lipinski definition) is 5. The Balaban J connectivity index is 1.89. The number of carbonyl (C=O) groups excluding carboxylic acids is 2. The van der Waals surface area contributed by atoms with Gasteiger partial charge in [-0.15, -0.1) is 11.8 Å². The van der Waals surface area contributed by atoms with Gasteiger partial charge in [-0.25, -0.2) is 4.79 Å². The molecular formula is C19H18N2O5S. The molecule has 0 radical (unpaired) electrons. The zero-order chi connectivity index (χ0) is 19.6. The summed E-state index contributed by atoms with van der Waals surface area (Å²) >= 11 is 1.31. The standard InChI is InChI=1S/C19H18N2O5S/c1-26-15-6-2-4-13(10-15)21-18(23)12-27-16-7-3-5-14(11-16)20-17(22)8-9-19(24)25/h2-11H,12H2,1H3,(H,20,22)(H,21,23)(H,24,25)/b9-8+. The van der Waals surface area contributed by atoms with Crippen LogP contribution in [0.25, 0.3) is 0 Å². The second-order valence-corrected chi connectivity index (χ2v) is 6.31. The number of methoxy groups -OCH3 is 1. The summed E-state index contributed by atoms with van der Waals surface area (Å²) in [5.74, 6) is -1.08. The molecule has 0 saturated carbocycles. The van der Waals surface area contributed by atoms with E-state index in [1.165, 1.54) is 11.8 Å². The maximum absolute atomic E-state index is 12.1. The molecular weight excluding hydrogens is 368 g/mol. The smallest absolute Gasteiger partial charge is 0.328 e. The van der Waals surface area contributed by atoms with Crippen LogP contribution in [-0.2, 0) is 14.4 Å². The average Bonchev–Trinajstić information content (AvgIpc) is 2.65. The number of nitrogens with one attached hydrogen (secondary N) is 2. The normalized spacial score (nSPS) is 10.4. The summed E-state index contributed by atoms with van der Waals surface area (Å²) < 4.78 is 5.11. The Kier molecular flexibility index (Phi) is 7.45. The van der Waals surface area contributed by atoms with Crippen LogP contribution in [0, 0.1) is 0 Å². The van der Waals surface area contributed by atoms with E-state index in [4.69, 9.17) is 9.84 Å². The first-order valence-corrected chi connectivity index (χ1v) is 8.83. The van der Waals surface area contributed by atoms with Crippen LogP contribution in [-0.4, -0.2) is 35.8 Å². The number of anilines is 2. The largest absolute Gasteiger partial charge is 0.497 e. The van der Waals surface area contributed by atoms with Crippen molar-refractivity contribution in [2.45, 2.75) is 4.90 Å². The van der Waals surface area contributed by atoms with Gasteiger partial charge in [0.05, 0.1) is 12.9 Å². The summed E-state index contributed by atoms with van der Waals surface area (Å²) in [6.45, 7) is 0. The van der Waals surface area contributed by atoms with Gasteiger partial charge in [-0.2, -0.15) is 0 Å². The molecule has 0 atom stereocenters. The Morgan fingerprint density at radius 2 is 1.74 bits per heavy atom. The number of carbonyl (C=O) groups is 3. The molecule has 0 spiro atoms. The van der Waals surface area contributed by atoms with Gasteiger partial charge in [0.15, 0.2) is 0 Å². The van der Waals surface area contributed by atoms with Crippen LogP contribution < -0.4 is 15.4 Å². The molecule has 2 aromatic rings. The van der Waals surface area contributed by atoms with Crippen LogP contribution in [0.3, 0.4) is 0 Å². The minimum Gasteiger partial charge on any atom is -0.497 e. The molecule has 0 aliphatic heterocycles. The average molecular weight is 386 g/mol. The van der Waals surface area contributed by atoms with E-state index in [9.17, 15) is 14.4 Å². The summed E-state index contributed by atoms with van der Waals surface area (Å²) in [7, 11) is 1.56. The van der Waals surface area contributed by atoms with Gasteiger partial charge in [0.1, 0.15) is 5.75 Å². The zero-order valence-corrected chi connectivity index (χ0v) is 15.3. The first-order chi connectivity index (χ1) is 13.0. The molecule has 0 heterocycles. The highest BCUT2D eigenvalue weighted by atomic mass is 32.2. The highest BCUT2D eigenvalue weighted by Crippen LogP contribution is 2.22. The highest BCUT2D eigenvalue weighted by Gasteiger charge is 2.06. The van der Waals surface area contributed by atoms with Crippen molar-refractivity contribution in [3.63, 3.8) is 0 Å². The Bertz CT molecular complexity index is 867. The predicted octanol–water partition coefficient (Wildman–Crippen LogP) is 3.01. The van der Waals surface area contributed by atoms with Crippen LogP contribution in [0.5, 0.6) is 5.75 Å². The number of benzene rings is 2. The number of amides is 2. The van der Waals surface area contributed by atoms with E-state index in [1.807, 2.05) is 6.07 Å². The molecule has 7 nitrogen and oxygen atoms in total. The van der Waals surface area contributed by atoms with Crippen molar-refractivity contribution in [1.82, 2.24) is 0 Å². The van der Waals surface area contributed by atoms with Crippen molar-refractivity contribution >= 4 is 40.9 Å². The lowest BCUT2D eigenvalue weighted by atomic mass is 10.3. The van der Waals surface area contributed by atoms with E-state index >= 15 is 0 Å². The lowest BCUT2D eigenvalue weighted by molar-refractivity contribution is -0.131. The third-order valence-electron chi connectivity index (χ3n) is 3.20.